The van der Waals surface area contributed by atoms with Gasteiger partial charge in [-0.3, -0.25) is 9.59 Å². The van der Waals surface area contributed by atoms with Gasteiger partial charge in [-0.25, -0.2) is 0 Å². The van der Waals surface area contributed by atoms with Crippen LogP contribution in [0.2, 0.25) is 0 Å². The Labute approximate surface area is 321 Å². The Morgan fingerprint density at radius 2 is 0.808 bits per heavy atom. The zero-order valence-corrected chi connectivity index (χ0v) is 34.1. The van der Waals surface area contributed by atoms with Crippen LogP contribution in [0, 0.1) is 0 Å². The minimum atomic E-state index is -0.811. The third kappa shape index (κ3) is 40.4. The molecule has 0 aromatic rings. The summed E-state index contributed by atoms with van der Waals surface area (Å²) < 4.78 is 10.6. The smallest absolute Gasteiger partial charge is 0.306 e. The quantitative estimate of drug-likeness (QED) is 0.0388. The highest BCUT2D eigenvalue weighted by molar-refractivity contribution is 5.70. The molecule has 0 radical (unpaired) electrons. The Kier molecular flexibility index (Phi) is 41.0. The van der Waals surface area contributed by atoms with Crippen LogP contribution in [0.25, 0.3) is 0 Å². The highest BCUT2D eigenvalue weighted by atomic mass is 16.6. The fraction of sp³-hybridized carbons (Fsp3) is 0.745. The monoisotopic (exact) mass is 727 g/mol. The van der Waals surface area contributed by atoms with E-state index in [9.17, 15) is 14.7 Å². The van der Waals surface area contributed by atoms with E-state index in [0.717, 1.165) is 44.9 Å². The first-order chi connectivity index (χ1) is 25.6. The van der Waals surface area contributed by atoms with E-state index in [4.69, 9.17) is 9.47 Å². The maximum atomic E-state index is 12.2. The minimum absolute atomic E-state index is 0.0951. The summed E-state index contributed by atoms with van der Waals surface area (Å²) in [4.78, 5) is 24.3. The molecule has 1 atom stereocenters. The number of carbonyl (C=O) groups excluding carboxylic acids is 2. The summed E-state index contributed by atoms with van der Waals surface area (Å²) >= 11 is 0. The van der Waals surface area contributed by atoms with Crippen LogP contribution in [-0.2, 0) is 19.1 Å². The summed E-state index contributed by atoms with van der Waals surface area (Å²) in [6.07, 6.45) is 55.9. The fourth-order valence-electron chi connectivity index (χ4n) is 6.01. The summed E-state index contributed by atoms with van der Waals surface area (Å²) in [6, 6.07) is 0. The van der Waals surface area contributed by atoms with Crippen molar-refractivity contribution in [1.29, 1.82) is 0 Å². The van der Waals surface area contributed by atoms with Gasteiger partial charge in [-0.15, -0.1) is 0 Å². The minimum Gasteiger partial charge on any atom is -0.462 e. The molecule has 0 aromatic heterocycles. The molecule has 0 saturated carbocycles. The van der Waals surface area contributed by atoms with E-state index in [1.807, 2.05) is 12.2 Å². The molecule has 0 amide bonds. The van der Waals surface area contributed by atoms with E-state index >= 15 is 0 Å². The largest absolute Gasteiger partial charge is 0.462 e. The van der Waals surface area contributed by atoms with E-state index in [2.05, 4.69) is 62.5 Å². The average molecular weight is 727 g/mol. The number of carbonyl (C=O) groups is 2. The molecule has 300 valence electrons. The third-order valence-electron chi connectivity index (χ3n) is 9.33. The zero-order valence-electron chi connectivity index (χ0n) is 34.1. The van der Waals surface area contributed by atoms with Crippen molar-refractivity contribution in [2.45, 2.75) is 213 Å². The molecule has 1 N–H and O–H groups in total. The Bertz CT molecular complexity index is 915. The molecule has 0 aromatic carbocycles. The standard InChI is InChI=1S/C47H82O5/c1-3-5-7-9-11-13-15-17-19-21-23-25-27-29-31-33-35-37-39-41-46(49)51-44-45(43-48)52-47(50)42-40-38-36-34-32-30-28-26-24-22-20-18-16-14-12-10-8-6-4-2/h12,14,18,20,24,26,30,32,36,38,45,48H,3-11,13,15-17,19,21-23,25,27-29,31,33-35,37,39-44H2,1-2H3/t45-/m0/s1. The molecule has 0 aliphatic carbocycles. The van der Waals surface area contributed by atoms with Crippen LogP contribution in [0.1, 0.15) is 206 Å². The predicted molar refractivity (Wildman–Crippen MR) is 223 cm³/mol. The number of allylic oxidation sites excluding steroid dienone is 10. The molecule has 0 unspecified atom stereocenters. The van der Waals surface area contributed by atoms with Gasteiger partial charge in [-0.1, -0.05) is 203 Å². The van der Waals surface area contributed by atoms with Gasteiger partial charge in [0.1, 0.15) is 6.61 Å². The van der Waals surface area contributed by atoms with Gasteiger partial charge in [0.2, 0.25) is 0 Å². The van der Waals surface area contributed by atoms with Crippen molar-refractivity contribution in [3.05, 3.63) is 60.8 Å². The SMILES string of the molecule is CCCCCC=CCC=CCC=CCC=CCC=CCCC(=O)O[C@@H](CO)COC(=O)CCCCCCCCCCCCCCCCCCCCC. The molecule has 0 saturated heterocycles. The third-order valence-corrected chi connectivity index (χ3v) is 9.33. The second kappa shape index (κ2) is 43.0. The molecule has 0 aliphatic rings. The summed E-state index contributed by atoms with van der Waals surface area (Å²) in [5.74, 6) is -0.683. The first-order valence-corrected chi connectivity index (χ1v) is 21.8. The predicted octanol–water partition coefficient (Wildman–Crippen LogP) is 14.0. The molecule has 0 rings (SSSR count). The Morgan fingerprint density at radius 1 is 0.442 bits per heavy atom. The van der Waals surface area contributed by atoms with Crippen molar-refractivity contribution in [2.24, 2.45) is 0 Å². The summed E-state index contributed by atoms with van der Waals surface area (Å²) in [6.45, 7) is 4.06. The normalized spacial score (nSPS) is 12.8. The molecule has 0 fully saturated rings. The molecule has 5 heteroatoms. The van der Waals surface area contributed by atoms with Crippen LogP contribution in [0.4, 0.5) is 0 Å². The van der Waals surface area contributed by atoms with Crippen LogP contribution < -0.4 is 0 Å². The Morgan fingerprint density at radius 3 is 1.23 bits per heavy atom. The van der Waals surface area contributed by atoms with Crippen LogP contribution in [0.3, 0.4) is 0 Å². The van der Waals surface area contributed by atoms with Crippen molar-refractivity contribution in [1.82, 2.24) is 0 Å². The maximum absolute atomic E-state index is 12.2. The molecule has 0 heterocycles. The van der Waals surface area contributed by atoms with Gasteiger partial charge in [-0.2, -0.15) is 0 Å². The number of esters is 2. The van der Waals surface area contributed by atoms with E-state index in [1.54, 1.807) is 0 Å². The van der Waals surface area contributed by atoms with Crippen molar-refractivity contribution in [3.63, 3.8) is 0 Å². The van der Waals surface area contributed by atoms with Gasteiger partial charge in [-0.05, 0) is 51.4 Å². The number of hydrogen-bond acceptors (Lipinski definition) is 5. The number of aliphatic hydroxyl groups is 1. The lowest BCUT2D eigenvalue weighted by molar-refractivity contribution is -0.161. The zero-order chi connectivity index (χ0) is 37.8. The average Bonchev–Trinajstić information content (AvgIpc) is 3.15. The Hall–Kier alpha value is -2.40. The van der Waals surface area contributed by atoms with E-state index in [0.29, 0.717) is 12.8 Å². The number of rotatable bonds is 39. The lowest BCUT2D eigenvalue weighted by atomic mass is 10.0. The number of unbranched alkanes of at least 4 members (excludes halogenated alkanes) is 21. The molecule has 52 heavy (non-hydrogen) atoms. The number of ether oxygens (including phenoxy) is 2. The van der Waals surface area contributed by atoms with Gasteiger partial charge in [0.15, 0.2) is 6.10 Å². The highest BCUT2D eigenvalue weighted by Gasteiger charge is 2.15. The van der Waals surface area contributed by atoms with Gasteiger partial charge in [0.25, 0.3) is 0 Å². The first-order valence-electron chi connectivity index (χ1n) is 21.8. The van der Waals surface area contributed by atoms with Crippen LogP contribution in [0.5, 0.6) is 0 Å². The van der Waals surface area contributed by atoms with Crippen molar-refractivity contribution < 1.29 is 24.2 Å². The summed E-state index contributed by atoms with van der Waals surface area (Å²) in [5.41, 5.74) is 0. The molecule has 5 nitrogen and oxygen atoms in total. The Balaban J connectivity index is 3.64. The van der Waals surface area contributed by atoms with Crippen LogP contribution in [0.15, 0.2) is 60.8 Å². The van der Waals surface area contributed by atoms with E-state index in [-0.39, 0.29) is 25.6 Å². The highest BCUT2D eigenvalue weighted by Crippen LogP contribution is 2.15. The summed E-state index contributed by atoms with van der Waals surface area (Å²) in [7, 11) is 0. The lowest BCUT2D eigenvalue weighted by Gasteiger charge is -2.15. The van der Waals surface area contributed by atoms with Crippen molar-refractivity contribution >= 4 is 11.9 Å². The van der Waals surface area contributed by atoms with Crippen molar-refractivity contribution in [3.8, 4) is 0 Å². The fourth-order valence-corrected chi connectivity index (χ4v) is 6.01. The molecule has 0 bridgehead atoms. The maximum Gasteiger partial charge on any atom is 0.306 e. The van der Waals surface area contributed by atoms with Crippen LogP contribution in [-0.4, -0.2) is 36.4 Å². The van der Waals surface area contributed by atoms with Gasteiger partial charge in [0.05, 0.1) is 6.61 Å². The first kappa shape index (κ1) is 49.6. The van der Waals surface area contributed by atoms with Gasteiger partial charge >= 0.3 is 11.9 Å². The second-order valence-electron chi connectivity index (χ2n) is 14.4. The number of hydrogen-bond donors (Lipinski definition) is 1. The molecular formula is C47H82O5. The number of aliphatic hydroxyl groups excluding tert-OH is 1. The summed E-state index contributed by atoms with van der Waals surface area (Å²) in [5, 5.41) is 9.57. The molecule has 0 aliphatic heterocycles. The molecule has 0 spiro atoms. The van der Waals surface area contributed by atoms with Crippen LogP contribution >= 0.6 is 0 Å². The lowest BCUT2D eigenvalue weighted by Crippen LogP contribution is -2.28. The van der Waals surface area contributed by atoms with E-state index in [1.165, 1.54) is 128 Å². The van der Waals surface area contributed by atoms with Crippen molar-refractivity contribution in [2.75, 3.05) is 13.2 Å². The van der Waals surface area contributed by atoms with Gasteiger partial charge < -0.3 is 14.6 Å². The van der Waals surface area contributed by atoms with E-state index < -0.39 is 12.1 Å². The molecular weight excluding hydrogens is 645 g/mol. The van der Waals surface area contributed by atoms with Gasteiger partial charge in [0, 0.05) is 12.8 Å². The topological polar surface area (TPSA) is 72.8 Å². The second-order valence-corrected chi connectivity index (χ2v) is 14.4.